The van der Waals surface area contributed by atoms with Gasteiger partial charge < -0.3 is 0 Å². The Labute approximate surface area is 807 Å². The van der Waals surface area contributed by atoms with E-state index in [1.165, 1.54) is 22.3 Å². The van der Waals surface area contributed by atoms with Crippen molar-refractivity contribution in [3.8, 4) is 181 Å². The van der Waals surface area contributed by atoms with Crippen molar-refractivity contribution in [3.05, 3.63) is 525 Å². The summed E-state index contributed by atoms with van der Waals surface area (Å²) < 4.78 is 0. The number of aromatic nitrogens is 13. The topological polar surface area (TPSA) is 168 Å². The minimum Gasteiger partial charge on any atom is -0.233 e. The molecule has 0 saturated carbocycles. The lowest BCUT2D eigenvalue weighted by molar-refractivity contribution is 1.06. The van der Waals surface area contributed by atoms with E-state index in [1.54, 1.807) is 0 Å². The van der Waals surface area contributed by atoms with Crippen LogP contribution in [0.3, 0.4) is 0 Å². The highest BCUT2D eigenvalue weighted by atomic mass is 15.0. The molecule has 0 aliphatic rings. The zero-order valence-corrected chi connectivity index (χ0v) is 77.6. The summed E-state index contributed by atoms with van der Waals surface area (Å²) in [7, 11) is 0. The van der Waals surface area contributed by atoms with Gasteiger partial charge in [-0.25, -0.2) is 64.8 Å². The van der Waals surface area contributed by atoms with Gasteiger partial charge in [-0.15, -0.1) is 0 Å². The third-order valence-electron chi connectivity index (χ3n) is 22.4. The molecule has 16 aromatic carbocycles. The van der Waals surface area contributed by atoms with E-state index in [2.05, 4.69) is 242 Å². The summed E-state index contributed by atoms with van der Waals surface area (Å²) in [5.74, 6) is 5.88. The predicted octanol–water partition coefficient (Wildman–Crippen LogP) is 30.8. The molecule has 0 spiro atoms. The van der Waals surface area contributed by atoms with Gasteiger partial charge in [-0.05, 0) is 77.9 Å². The first-order valence-electron chi connectivity index (χ1n) is 45.9. The Balaban J connectivity index is 0.000000115. The Morgan fingerprint density at radius 2 is 0.275 bits per heavy atom. The van der Waals surface area contributed by atoms with Crippen molar-refractivity contribution in [1.82, 2.24) is 64.8 Å². The van der Waals surface area contributed by atoms with Crippen LogP contribution >= 0.6 is 0 Å². The second-order valence-corrected chi connectivity index (χ2v) is 33.0. The summed E-state index contributed by atoms with van der Waals surface area (Å²) >= 11 is 0. The van der Waals surface area contributed by atoms with Crippen molar-refractivity contribution < 1.29 is 0 Å². The van der Waals surface area contributed by atoms with Gasteiger partial charge in [-0.3, -0.25) is 0 Å². The first-order chi connectivity index (χ1) is 67.8. The molecule has 0 bridgehead atoms. The third-order valence-corrected chi connectivity index (χ3v) is 22.4. The lowest BCUT2D eigenvalue weighted by Crippen LogP contribution is -2.00. The summed E-state index contributed by atoms with van der Waals surface area (Å²) in [5, 5.41) is 0. The molecule has 13 nitrogen and oxygen atoms in total. The maximum Gasteiger partial charge on any atom is 0.164 e. The van der Waals surface area contributed by atoms with Gasteiger partial charge in [0, 0.05) is 94.7 Å². The summed E-state index contributed by atoms with van der Waals surface area (Å²) in [5.41, 5.74) is 31.4. The number of nitrogens with zero attached hydrogens (tertiary/aromatic N) is 13. The van der Waals surface area contributed by atoms with Crippen molar-refractivity contribution in [2.45, 2.75) is 41.5 Å². The second-order valence-electron chi connectivity index (χ2n) is 33.0. The molecule has 6 heterocycles. The summed E-state index contributed by atoms with van der Waals surface area (Å²) in [6.45, 7) is 12.3. The van der Waals surface area contributed by atoms with Crippen LogP contribution in [0.2, 0.25) is 0 Å². The highest BCUT2D eigenvalue weighted by Crippen LogP contribution is 2.35. The first kappa shape index (κ1) is 91.8. The van der Waals surface area contributed by atoms with E-state index in [1.807, 2.05) is 311 Å². The van der Waals surface area contributed by atoms with Crippen LogP contribution < -0.4 is 0 Å². The standard InChI is InChI=1S/3C23H18N2.C22H17N3.2C17H14N2/c1-17-9-8-14-20(15-17)23-24-21(18-10-4-2-5-11-18)16-22(25-23)19-12-6-3-7-13-19;1-17-12-14-19(15-13-17)22-16-21(18-8-4-2-5-9-18)24-23(25-22)20-10-6-3-7-11-20;1-17-12-14-20(15-13-17)23-24-21(18-8-4-2-5-9-18)16-22(25-23)19-10-6-3-7-11-19;1-16-12-14-19(15-13-16)22-24-20(17-8-4-2-5-9-17)23-21(25-22)18-10-6-3-7-11-18;1-13-18-16(14-8-4-2-5-9-14)12-17(19-13)15-10-6-3-7-11-15;1-13-12-16(14-8-4-2-5-9-14)19-17(18-13)15-10-6-3-7-11-15/h3*2-16H,1H3;2-15H,1H3;2*2-12H,1H3. The van der Waals surface area contributed by atoms with Crippen molar-refractivity contribution >= 4 is 0 Å². The Hall–Kier alpha value is -18.1. The Morgan fingerprint density at radius 3 is 0.507 bits per heavy atom. The van der Waals surface area contributed by atoms with E-state index in [-0.39, 0.29) is 0 Å². The molecule has 0 saturated heterocycles. The Kier molecular flexibility index (Phi) is 30.5. The normalized spacial score (nSPS) is 10.5. The largest absolute Gasteiger partial charge is 0.233 e. The molecule has 13 heteroatoms. The molecule has 0 unspecified atom stereocenters. The predicted molar refractivity (Wildman–Crippen MR) is 565 cm³/mol. The number of benzene rings is 16. The molecule has 0 aliphatic heterocycles. The lowest BCUT2D eigenvalue weighted by atomic mass is 10.1. The molecule has 0 fully saturated rings. The number of hydrogen-bond acceptors (Lipinski definition) is 13. The van der Waals surface area contributed by atoms with Crippen LogP contribution in [0.15, 0.2) is 491 Å². The third kappa shape index (κ3) is 25.0. The van der Waals surface area contributed by atoms with Crippen LogP contribution in [-0.2, 0) is 0 Å². The van der Waals surface area contributed by atoms with Gasteiger partial charge in [0.25, 0.3) is 0 Å². The van der Waals surface area contributed by atoms with Crippen LogP contribution in [0, 0.1) is 41.5 Å². The van der Waals surface area contributed by atoms with Crippen LogP contribution in [-0.4, -0.2) is 64.8 Å². The fraction of sp³-hybridized carbons (Fsp3) is 0.0480. The maximum absolute atomic E-state index is 4.83. The van der Waals surface area contributed by atoms with Gasteiger partial charge in [0.1, 0.15) is 5.82 Å². The van der Waals surface area contributed by atoms with E-state index >= 15 is 0 Å². The molecule has 0 N–H and O–H groups in total. The fourth-order valence-electron chi connectivity index (χ4n) is 15.2. The molecule has 0 radical (unpaired) electrons. The average Bonchev–Trinajstić information content (AvgIpc) is 0.810. The van der Waals surface area contributed by atoms with E-state index in [0.29, 0.717) is 17.5 Å². The van der Waals surface area contributed by atoms with E-state index in [9.17, 15) is 0 Å². The molecule has 6 aromatic heterocycles. The first-order valence-corrected chi connectivity index (χ1v) is 45.9. The monoisotopic (exact) mass is 1780 g/mol. The van der Waals surface area contributed by atoms with Gasteiger partial charge >= 0.3 is 0 Å². The zero-order chi connectivity index (χ0) is 94.4. The molecule has 138 heavy (non-hydrogen) atoms. The van der Waals surface area contributed by atoms with Crippen LogP contribution in [0.25, 0.3) is 181 Å². The molecule has 22 aromatic rings. The average molecular weight is 1780 g/mol. The highest BCUT2D eigenvalue weighted by Gasteiger charge is 2.18. The van der Waals surface area contributed by atoms with Crippen molar-refractivity contribution in [3.63, 3.8) is 0 Å². The summed E-state index contributed by atoms with van der Waals surface area (Å²) in [4.78, 5) is 61.2. The van der Waals surface area contributed by atoms with Gasteiger partial charge in [-0.2, -0.15) is 0 Å². The molecule has 664 valence electrons. The lowest BCUT2D eigenvalue weighted by Gasteiger charge is -2.09. The van der Waals surface area contributed by atoms with Crippen LogP contribution in [0.4, 0.5) is 0 Å². The van der Waals surface area contributed by atoms with Gasteiger partial charge in [0.15, 0.2) is 40.8 Å². The SMILES string of the molecule is Cc1cc(-c2ccccc2)nc(-c2ccccc2)n1.Cc1ccc(-c2cc(-c3ccccc3)nc(-c3ccccc3)n2)cc1.Cc1ccc(-c2nc(-c3ccccc3)cc(-c3ccccc3)n2)cc1.Cc1ccc(-c2nc(-c3ccccc3)nc(-c3ccccc3)n2)cc1.Cc1cccc(-c2nc(-c3ccccc3)cc(-c3ccccc3)n2)c1.Cc1nc(-c2ccccc2)cc(-c2ccccc2)n1. The van der Waals surface area contributed by atoms with E-state index < -0.39 is 0 Å². The maximum atomic E-state index is 4.83. The number of hydrogen-bond donors (Lipinski definition) is 0. The second kappa shape index (κ2) is 45.9. The quantitative estimate of drug-likeness (QED) is 0.0897. The Morgan fingerprint density at radius 1 is 0.109 bits per heavy atom. The molecular formula is C125H99N13. The molecule has 0 atom stereocenters. The van der Waals surface area contributed by atoms with Crippen LogP contribution in [0.1, 0.15) is 33.8 Å². The highest BCUT2D eigenvalue weighted by molar-refractivity contribution is 5.77. The van der Waals surface area contributed by atoms with E-state index in [4.69, 9.17) is 44.9 Å². The van der Waals surface area contributed by atoms with E-state index in [0.717, 1.165) is 175 Å². The van der Waals surface area contributed by atoms with Crippen molar-refractivity contribution in [2.75, 3.05) is 0 Å². The van der Waals surface area contributed by atoms with Crippen molar-refractivity contribution in [2.24, 2.45) is 0 Å². The smallest absolute Gasteiger partial charge is 0.164 e. The van der Waals surface area contributed by atoms with Crippen molar-refractivity contribution in [1.29, 1.82) is 0 Å². The molecule has 0 amide bonds. The Bertz CT molecular complexity index is 6770. The number of rotatable bonds is 16. The minimum atomic E-state index is 0.685. The van der Waals surface area contributed by atoms with Gasteiger partial charge in [0.2, 0.25) is 0 Å². The molecule has 22 rings (SSSR count). The summed E-state index contributed by atoms with van der Waals surface area (Å²) in [6.07, 6.45) is 0. The fourth-order valence-corrected chi connectivity index (χ4v) is 15.2. The van der Waals surface area contributed by atoms with Crippen LogP contribution in [0.5, 0.6) is 0 Å². The zero-order valence-electron chi connectivity index (χ0n) is 77.6. The molecular weight excluding hydrogens is 1680 g/mol. The molecule has 0 aliphatic carbocycles. The van der Waals surface area contributed by atoms with Gasteiger partial charge in [-0.1, -0.05) is 477 Å². The van der Waals surface area contributed by atoms with Gasteiger partial charge in [0.05, 0.1) is 51.2 Å². The summed E-state index contributed by atoms with van der Waals surface area (Å²) in [6, 6.07) is 166. The number of aryl methyl sites for hydroxylation is 6. The minimum absolute atomic E-state index is 0.685.